The molecule has 0 radical (unpaired) electrons. The maximum absolute atomic E-state index is 12.8. The van der Waals surface area contributed by atoms with Crippen molar-refractivity contribution in [2.24, 2.45) is 5.92 Å². The van der Waals surface area contributed by atoms with Gasteiger partial charge in [0, 0.05) is 52.9 Å². The third kappa shape index (κ3) is 4.84. The number of allylic oxidation sites excluding steroid dienone is 3. The van der Waals surface area contributed by atoms with Crippen LogP contribution in [-0.4, -0.2) is 69.4 Å². The lowest BCUT2D eigenvalue weighted by Crippen LogP contribution is -2.43. The van der Waals surface area contributed by atoms with E-state index in [2.05, 4.69) is 16.0 Å². The molecule has 2 amide bonds. The van der Waals surface area contributed by atoms with Crippen LogP contribution in [0.5, 0.6) is 0 Å². The summed E-state index contributed by atoms with van der Waals surface area (Å²) in [6.45, 7) is 0.847. The predicted octanol–water partition coefficient (Wildman–Crippen LogP) is 1.18. The number of nitrogens with one attached hydrogen (secondary N) is 3. The van der Waals surface area contributed by atoms with Gasteiger partial charge in [-0.05, 0) is 36.8 Å². The molecule has 3 N–H and O–H groups in total. The van der Waals surface area contributed by atoms with Crippen LogP contribution in [0.3, 0.4) is 0 Å². The van der Waals surface area contributed by atoms with E-state index in [0.717, 1.165) is 11.3 Å². The van der Waals surface area contributed by atoms with Crippen LogP contribution >= 0.6 is 0 Å². The summed E-state index contributed by atoms with van der Waals surface area (Å²) >= 11 is 0. The number of benzene rings is 1. The minimum Gasteiger partial charge on any atom is -0.465 e. The lowest BCUT2D eigenvalue weighted by molar-refractivity contribution is -0.135. The van der Waals surface area contributed by atoms with E-state index < -0.39 is 15.8 Å². The number of ether oxygens (including phenoxy) is 1. The molecule has 0 spiro atoms. The molecule has 1 unspecified atom stereocenters. The lowest BCUT2D eigenvalue weighted by atomic mass is 9.88. The summed E-state index contributed by atoms with van der Waals surface area (Å²) in [6, 6.07) is 5.45. The number of hydrogen-bond acceptors (Lipinski definition) is 8. The molecule has 188 valence electrons. The Morgan fingerprint density at radius 3 is 2.69 bits per heavy atom. The summed E-state index contributed by atoms with van der Waals surface area (Å²) in [4.78, 5) is 38.9. The molecule has 1 aromatic rings. The zero-order valence-electron chi connectivity index (χ0n) is 19.7. The van der Waals surface area contributed by atoms with Crippen molar-refractivity contribution >= 4 is 45.1 Å². The number of amides is 2. The van der Waals surface area contributed by atoms with Crippen molar-refractivity contribution in [3.8, 4) is 0 Å². The van der Waals surface area contributed by atoms with Crippen molar-refractivity contribution in [2.45, 2.75) is 6.42 Å². The SMILES string of the molecule is COC(=O)C1=CCC2C(=C1)NC(=O)/C2=C1/C=Cc2cc(NC(=O)CN3CCS(=O)(=O)CC3)ccc2N1. The van der Waals surface area contributed by atoms with Gasteiger partial charge in [-0.1, -0.05) is 12.2 Å². The zero-order valence-corrected chi connectivity index (χ0v) is 20.5. The number of esters is 1. The number of fused-ring (bicyclic) bond motifs is 2. The van der Waals surface area contributed by atoms with Gasteiger partial charge in [0.2, 0.25) is 5.91 Å². The van der Waals surface area contributed by atoms with Gasteiger partial charge in [0.25, 0.3) is 5.91 Å². The van der Waals surface area contributed by atoms with Crippen LogP contribution in [0.1, 0.15) is 12.0 Å². The molecule has 0 saturated carbocycles. The van der Waals surface area contributed by atoms with Crippen LogP contribution in [0.4, 0.5) is 11.4 Å². The molecule has 0 aromatic heterocycles. The van der Waals surface area contributed by atoms with E-state index in [4.69, 9.17) is 4.74 Å². The van der Waals surface area contributed by atoms with Gasteiger partial charge in [-0.15, -0.1) is 0 Å². The van der Waals surface area contributed by atoms with E-state index in [-0.39, 0.29) is 35.8 Å². The Labute approximate surface area is 208 Å². The Bertz CT molecular complexity index is 1370. The quantitative estimate of drug-likeness (QED) is 0.406. The van der Waals surface area contributed by atoms with Crippen molar-refractivity contribution in [1.29, 1.82) is 0 Å². The molecule has 1 aromatic carbocycles. The number of sulfone groups is 1. The Morgan fingerprint density at radius 2 is 1.94 bits per heavy atom. The number of nitrogens with zero attached hydrogens (tertiary/aromatic N) is 1. The summed E-state index contributed by atoms with van der Waals surface area (Å²) < 4.78 is 27.9. The summed E-state index contributed by atoms with van der Waals surface area (Å²) in [5.74, 6) is -0.881. The summed E-state index contributed by atoms with van der Waals surface area (Å²) in [5.41, 5.74) is 4.66. The third-order valence-electron chi connectivity index (χ3n) is 6.66. The minimum absolute atomic E-state index is 0.0757. The highest BCUT2D eigenvalue weighted by molar-refractivity contribution is 7.91. The fraction of sp³-hybridized carbons (Fsp3) is 0.320. The molecule has 36 heavy (non-hydrogen) atoms. The van der Waals surface area contributed by atoms with Gasteiger partial charge in [0.15, 0.2) is 9.84 Å². The molecule has 11 heteroatoms. The first-order valence-corrected chi connectivity index (χ1v) is 13.4. The van der Waals surface area contributed by atoms with E-state index in [1.807, 2.05) is 29.2 Å². The maximum Gasteiger partial charge on any atom is 0.337 e. The number of rotatable bonds is 4. The Morgan fingerprint density at radius 1 is 1.17 bits per heavy atom. The summed E-state index contributed by atoms with van der Waals surface area (Å²) in [7, 11) is -1.67. The molecule has 3 aliphatic heterocycles. The first kappa shape index (κ1) is 24.0. The van der Waals surface area contributed by atoms with Gasteiger partial charge in [0.05, 0.1) is 30.7 Å². The highest BCUT2D eigenvalue weighted by Gasteiger charge is 2.37. The van der Waals surface area contributed by atoms with Crippen LogP contribution < -0.4 is 16.0 Å². The van der Waals surface area contributed by atoms with E-state index in [0.29, 0.717) is 47.7 Å². The van der Waals surface area contributed by atoms with Crippen molar-refractivity contribution in [2.75, 3.05) is 48.9 Å². The fourth-order valence-electron chi connectivity index (χ4n) is 4.74. The average Bonchev–Trinajstić information content (AvgIpc) is 3.19. The van der Waals surface area contributed by atoms with Crippen LogP contribution in [0, 0.1) is 5.92 Å². The first-order chi connectivity index (χ1) is 17.2. The number of carbonyl (C=O) groups is 3. The monoisotopic (exact) mass is 510 g/mol. The molecule has 0 bridgehead atoms. The molecule has 2 fully saturated rings. The molecule has 3 heterocycles. The van der Waals surface area contributed by atoms with Gasteiger partial charge in [0.1, 0.15) is 0 Å². The summed E-state index contributed by atoms with van der Waals surface area (Å²) in [5, 5.41) is 9.05. The second-order valence-electron chi connectivity index (χ2n) is 9.06. The lowest BCUT2D eigenvalue weighted by Gasteiger charge is -2.25. The third-order valence-corrected chi connectivity index (χ3v) is 8.27. The van der Waals surface area contributed by atoms with Crippen molar-refractivity contribution in [3.63, 3.8) is 0 Å². The van der Waals surface area contributed by atoms with E-state index >= 15 is 0 Å². The molecule has 2 saturated heterocycles. The number of methoxy groups -OCH3 is 1. The molecule has 10 nitrogen and oxygen atoms in total. The second-order valence-corrected chi connectivity index (χ2v) is 11.4. The Kier molecular flexibility index (Phi) is 6.27. The van der Waals surface area contributed by atoms with Gasteiger partial charge in [-0.3, -0.25) is 14.5 Å². The van der Waals surface area contributed by atoms with Crippen molar-refractivity contribution in [3.05, 3.63) is 64.5 Å². The standard InChI is InChI=1S/C25H26N4O6S/c1-35-25(32)16-2-5-18-21(13-16)28-24(31)23(18)20-6-3-15-12-17(4-7-19(15)27-20)26-22(30)14-29-8-10-36(33,34)11-9-29/h2-4,6-7,12-13,18,27H,5,8-11,14H2,1H3,(H,26,30)(H,28,31)/b23-20-. The number of hydrogen-bond donors (Lipinski definition) is 3. The van der Waals surface area contributed by atoms with Crippen molar-refractivity contribution < 1.29 is 27.5 Å². The highest BCUT2D eigenvalue weighted by Crippen LogP contribution is 2.38. The van der Waals surface area contributed by atoms with E-state index in [1.54, 1.807) is 18.2 Å². The molecule has 4 aliphatic rings. The van der Waals surface area contributed by atoms with Crippen LogP contribution in [0.2, 0.25) is 0 Å². The van der Waals surface area contributed by atoms with Crippen LogP contribution in [0.15, 0.2) is 59.0 Å². The summed E-state index contributed by atoms with van der Waals surface area (Å²) in [6.07, 6.45) is 7.65. The Balaban J connectivity index is 1.27. The molecule has 1 atom stereocenters. The van der Waals surface area contributed by atoms with E-state index in [1.165, 1.54) is 7.11 Å². The average molecular weight is 511 g/mol. The second kappa shape index (κ2) is 9.40. The number of anilines is 2. The normalized spacial score (nSPS) is 24.5. The van der Waals surface area contributed by atoms with E-state index in [9.17, 15) is 22.8 Å². The van der Waals surface area contributed by atoms with Crippen molar-refractivity contribution in [1.82, 2.24) is 10.2 Å². The topological polar surface area (TPSA) is 134 Å². The maximum atomic E-state index is 12.8. The van der Waals surface area contributed by atoms with Gasteiger partial charge in [-0.2, -0.15) is 0 Å². The molecular formula is C25H26N4O6S. The smallest absolute Gasteiger partial charge is 0.337 e. The molecule has 1 aliphatic carbocycles. The number of carbonyl (C=O) groups excluding carboxylic acids is 3. The largest absolute Gasteiger partial charge is 0.465 e. The van der Waals surface area contributed by atoms with Gasteiger partial charge < -0.3 is 20.7 Å². The van der Waals surface area contributed by atoms with Crippen LogP contribution in [-0.2, 0) is 29.0 Å². The van der Waals surface area contributed by atoms with Gasteiger partial charge in [-0.25, -0.2) is 13.2 Å². The molecule has 5 rings (SSSR count). The Hall–Kier alpha value is -3.70. The molecular weight excluding hydrogens is 484 g/mol. The van der Waals surface area contributed by atoms with Gasteiger partial charge >= 0.3 is 5.97 Å². The highest BCUT2D eigenvalue weighted by atomic mass is 32.2. The first-order valence-electron chi connectivity index (χ1n) is 11.6. The fourth-order valence-corrected chi connectivity index (χ4v) is 6.02. The zero-order chi connectivity index (χ0) is 25.4. The van der Waals surface area contributed by atoms with Crippen LogP contribution in [0.25, 0.3) is 6.08 Å². The predicted molar refractivity (Wildman–Crippen MR) is 134 cm³/mol. The minimum atomic E-state index is -2.99.